The lowest BCUT2D eigenvalue weighted by Gasteiger charge is -2.13. The Kier molecular flexibility index (Phi) is 4.79. The molecule has 0 saturated heterocycles. The predicted octanol–water partition coefficient (Wildman–Crippen LogP) is 5.03. The third kappa shape index (κ3) is 3.92. The van der Waals surface area contributed by atoms with Gasteiger partial charge in [-0.15, -0.1) is 0 Å². The van der Waals surface area contributed by atoms with Gasteiger partial charge in [-0.05, 0) is 28.5 Å². The van der Waals surface area contributed by atoms with Crippen LogP contribution in [0.25, 0.3) is 10.9 Å². The van der Waals surface area contributed by atoms with Crippen molar-refractivity contribution in [2.45, 2.75) is 17.2 Å². The van der Waals surface area contributed by atoms with Crippen LogP contribution < -0.4 is 4.72 Å². The normalized spacial score (nSPS) is 14.7. The van der Waals surface area contributed by atoms with Gasteiger partial charge in [-0.25, -0.2) is 4.98 Å². The molecule has 0 aliphatic rings. The smallest absolute Gasteiger partial charge is 0.254 e. The summed E-state index contributed by atoms with van der Waals surface area (Å²) in [5, 5.41) is -0.305. The van der Waals surface area contributed by atoms with Crippen molar-refractivity contribution in [1.82, 2.24) is 9.97 Å². The van der Waals surface area contributed by atoms with Gasteiger partial charge >= 0.3 is 22.8 Å². The SMILES string of the molecule is O=[S+](O)(Nc1ccc(C(F)(F)F)c2cccnc12)c1ccc(C(F)(F)F)nc1. The molecule has 1 atom stereocenters. The van der Waals surface area contributed by atoms with Crippen LogP contribution in [0.15, 0.2) is 53.7 Å². The van der Waals surface area contributed by atoms with E-state index < -0.39 is 38.9 Å². The van der Waals surface area contributed by atoms with E-state index >= 15 is 0 Å². The Morgan fingerprint density at radius 1 is 0.929 bits per heavy atom. The Balaban J connectivity index is 2.01. The zero-order valence-corrected chi connectivity index (χ0v) is 14.4. The third-order valence-electron chi connectivity index (χ3n) is 3.67. The molecule has 1 aromatic carbocycles. The molecule has 0 radical (unpaired) electrons. The number of nitrogens with one attached hydrogen (secondary N) is 1. The van der Waals surface area contributed by atoms with Crippen molar-refractivity contribution in [3.05, 3.63) is 60.0 Å². The summed E-state index contributed by atoms with van der Waals surface area (Å²) < 4.78 is 102. The molecule has 12 heteroatoms. The van der Waals surface area contributed by atoms with Gasteiger partial charge in [0.25, 0.3) is 0 Å². The fourth-order valence-electron chi connectivity index (χ4n) is 2.42. The predicted molar refractivity (Wildman–Crippen MR) is 88.6 cm³/mol. The second kappa shape index (κ2) is 6.71. The summed E-state index contributed by atoms with van der Waals surface area (Å²) in [4.78, 5) is 6.43. The number of hydrogen-bond acceptors (Lipinski definition) is 3. The van der Waals surface area contributed by atoms with Crippen molar-refractivity contribution < 1.29 is 35.1 Å². The number of alkyl halides is 6. The molecule has 0 fully saturated rings. The number of pyridine rings is 2. The molecular formula is C16H10F6N3O2S+. The van der Waals surface area contributed by atoms with Crippen LogP contribution in [0.2, 0.25) is 0 Å². The van der Waals surface area contributed by atoms with Crippen molar-refractivity contribution >= 4 is 27.0 Å². The molecule has 0 spiro atoms. The van der Waals surface area contributed by atoms with Crippen LogP contribution in [0.3, 0.4) is 0 Å². The number of fused-ring (bicyclic) bond motifs is 1. The highest BCUT2D eigenvalue weighted by Crippen LogP contribution is 2.37. The summed E-state index contributed by atoms with van der Waals surface area (Å²) in [5.74, 6) is 0. The minimum atomic E-state index is -4.73. The van der Waals surface area contributed by atoms with Crippen molar-refractivity contribution in [3.63, 3.8) is 0 Å². The number of rotatable bonds is 3. The molecule has 0 saturated carbocycles. The molecule has 28 heavy (non-hydrogen) atoms. The van der Waals surface area contributed by atoms with E-state index in [2.05, 4.69) is 14.7 Å². The second-order valence-corrected chi connectivity index (χ2v) is 7.29. The maximum absolute atomic E-state index is 13.1. The van der Waals surface area contributed by atoms with Crippen molar-refractivity contribution in [1.29, 1.82) is 0 Å². The number of hydrogen-bond donors (Lipinski definition) is 2. The summed E-state index contributed by atoms with van der Waals surface area (Å²) >= 11 is 0. The molecule has 2 aromatic heterocycles. The number of nitrogens with zero attached hydrogens (tertiary/aromatic N) is 2. The molecule has 148 valence electrons. The van der Waals surface area contributed by atoms with E-state index in [4.69, 9.17) is 0 Å². The van der Waals surface area contributed by atoms with Gasteiger partial charge in [-0.1, -0.05) is 6.07 Å². The molecule has 2 N–H and O–H groups in total. The number of halogens is 6. The molecule has 0 bridgehead atoms. The number of anilines is 1. The van der Waals surface area contributed by atoms with Gasteiger partial charge in [0, 0.05) is 17.6 Å². The summed E-state index contributed by atoms with van der Waals surface area (Å²) in [6.45, 7) is 0. The molecule has 3 aromatic rings. The fraction of sp³-hybridized carbons (Fsp3) is 0.125. The molecule has 2 heterocycles. The average molecular weight is 422 g/mol. The van der Waals surface area contributed by atoms with Crippen LogP contribution >= 0.6 is 0 Å². The van der Waals surface area contributed by atoms with Crippen molar-refractivity contribution in [2.75, 3.05) is 4.72 Å². The zero-order valence-electron chi connectivity index (χ0n) is 13.5. The van der Waals surface area contributed by atoms with E-state index in [0.717, 1.165) is 18.2 Å². The molecule has 3 rings (SSSR count). The Hall–Kier alpha value is -2.73. The number of aromatic nitrogens is 2. The molecule has 0 aliphatic carbocycles. The van der Waals surface area contributed by atoms with Crippen molar-refractivity contribution in [2.24, 2.45) is 0 Å². The van der Waals surface area contributed by atoms with Gasteiger partial charge in [-0.2, -0.15) is 35.6 Å². The van der Waals surface area contributed by atoms with Gasteiger partial charge in [0.1, 0.15) is 11.4 Å². The van der Waals surface area contributed by atoms with Crippen LogP contribution in [0.1, 0.15) is 11.3 Å². The highest BCUT2D eigenvalue weighted by molar-refractivity contribution is 7.99. The largest absolute Gasteiger partial charge is 0.433 e. The topological polar surface area (TPSA) is 75.1 Å². The van der Waals surface area contributed by atoms with E-state index in [1.807, 2.05) is 0 Å². The van der Waals surface area contributed by atoms with E-state index in [1.54, 1.807) is 0 Å². The Morgan fingerprint density at radius 3 is 2.21 bits per heavy atom. The maximum Gasteiger partial charge on any atom is 0.433 e. The quantitative estimate of drug-likeness (QED) is 0.459. The fourth-order valence-corrected chi connectivity index (χ4v) is 3.45. The van der Waals surface area contributed by atoms with Crippen LogP contribution in [0, 0.1) is 0 Å². The first kappa shape index (κ1) is 20.0. The summed E-state index contributed by atoms with van der Waals surface area (Å²) in [6.07, 6.45) is -7.63. The van der Waals surface area contributed by atoms with Crippen LogP contribution in [-0.4, -0.2) is 14.5 Å². The summed E-state index contributed by atoms with van der Waals surface area (Å²) in [7, 11) is -4.17. The van der Waals surface area contributed by atoms with Crippen LogP contribution in [0.4, 0.5) is 32.0 Å². The van der Waals surface area contributed by atoms with Gasteiger partial charge in [-0.3, -0.25) is 4.98 Å². The van der Waals surface area contributed by atoms with Gasteiger partial charge in [0.05, 0.1) is 17.3 Å². The minimum absolute atomic E-state index is 0.198. The van der Waals surface area contributed by atoms with E-state index in [-0.39, 0.29) is 16.6 Å². The van der Waals surface area contributed by atoms with Crippen LogP contribution in [-0.2, 0) is 27.0 Å². The lowest BCUT2D eigenvalue weighted by atomic mass is 10.1. The van der Waals surface area contributed by atoms with Gasteiger partial charge < -0.3 is 0 Å². The standard InChI is InChI=1S/C16H9F6N3O2S/c17-15(18,19)11-4-5-12(14-10(11)2-1-7-23-14)25-28(26,27)9-3-6-13(24-8-9)16(20,21)22/h1-8H,(H-,25,26,27)/p+1. The molecule has 0 amide bonds. The Labute approximate surface area is 154 Å². The zero-order chi connectivity index (χ0) is 20.7. The first-order valence-electron chi connectivity index (χ1n) is 7.42. The molecule has 5 nitrogen and oxygen atoms in total. The Bertz CT molecular complexity index is 1070. The lowest BCUT2D eigenvalue weighted by Crippen LogP contribution is -2.22. The third-order valence-corrected chi connectivity index (χ3v) is 5.05. The van der Waals surface area contributed by atoms with E-state index in [1.165, 1.54) is 12.3 Å². The van der Waals surface area contributed by atoms with Crippen LogP contribution in [0.5, 0.6) is 0 Å². The average Bonchev–Trinajstić information content (AvgIpc) is 2.60. The highest BCUT2D eigenvalue weighted by atomic mass is 32.3. The van der Waals surface area contributed by atoms with Gasteiger partial charge in [0.2, 0.25) is 4.90 Å². The minimum Gasteiger partial charge on any atom is -0.254 e. The van der Waals surface area contributed by atoms with E-state index in [0.29, 0.717) is 18.3 Å². The molecular weight excluding hydrogens is 412 g/mol. The monoisotopic (exact) mass is 422 g/mol. The molecule has 1 unspecified atom stereocenters. The first-order valence-corrected chi connectivity index (χ1v) is 8.94. The summed E-state index contributed by atoms with van der Waals surface area (Å²) in [6, 6.07) is 5.34. The lowest BCUT2D eigenvalue weighted by molar-refractivity contribution is -0.141. The highest BCUT2D eigenvalue weighted by Gasteiger charge is 2.37. The number of benzene rings is 1. The summed E-state index contributed by atoms with van der Waals surface area (Å²) in [5.41, 5.74) is -2.66. The van der Waals surface area contributed by atoms with E-state index in [9.17, 15) is 35.1 Å². The maximum atomic E-state index is 13.1. The van der Waals surface area contributed by atoms with Gasteiger partial charge in [0.15, 0.2) is 0 Å². The molecule has 0 aliphatic heterocycles. The van der Waals surface area contributed by atoms with Crippen molar-refractivity contribution in [3.8, 4) is 0 Å². The first-order chi connectivity index (χ1) is 12.9. The second-order valence-electron chi connectivity index (χ2n) is 5.56. The Morgan fingerprint density at radius 2 is 1.64 bits per heavy atom.